The second kappa shape index (κ2) is 9.51. The van der Waals surface area contributed by atoms with Crippen LogP contribution in [0, 0.1) is 12.8 Å². The van der Waals surface area contributed by atoms with Crippen molar-refractivity contribution in [3.05, 3.63) is 77.1 Å². The number of aryl methyl sites for hydroxylation is 1. The third-order valence-electron chi connectivity index (χ3n) is 5.87. The summed E-state index contributed by atoms with van der Waals surface area (Å²) < 4.78 is 5.42. The zero-order chi connectivity index (χ0) is 24.4. The van der Waals surface area contributed by atoms with Gasteiger partial charge >= 0.3 is 0 Å². The fraction of sp³-hybridized carbons (Fsp3) is 0.308. The van der Waals surface area contributed by atoms with Crippen LogP contribution in [-0.4, -0.2) is 39.3 Å². The van der Waals surface area contributed by atoms with Gasteiger partial charge in [0.15, 0.2) is 11.6 Å². The maximum absolute atomic E-state index is 13.6. The molecule has 1 saturated heterocycles. The van der Waals surface area contributed by atoms with Crippen LogP contribution in [0.15, 0.2) is 54.7 Å². The van der Waals surface area contributed by atoms with Crippen molar-refractivity contribution in [2.45, 2.75) is 39.7 Å². The molecule has 8 nitrogen and oxygen atoms in total. The Bertz CT molecular complexity index is 1210. The Labute approximate surface area is 198 Å². The lowest BCUT2D eigenvalue weighted by Crippen LogP contribution is -2.31. The smallest absolute Gasteiger partial charge is 0.297 e. The minimum Gasteiger partial charge on any atom is -0.478 e. The number of anilines is 1. The van der Waals surface area contributed by atoms with E-state index in [0.717, 1.165) is 5.56 Å². The summed E-state index contributed by atoms with van der Waals surface area (Å²) in [5.74, 6) is -2.31. The van der Waals surface area contributed by atoms with Gasteiger partial charge in [0, 0.05) is 17.8 Å². The van der Waals surface area contributed by atoms with E-state index in [2.05, 4.69) is 29.0 Å². The van der Waals surface area contributed by atoms with Crippen molar-refractivity contribution < 1.29 is 19.1 Å². The third-order valence-corrected chi connectivity index (χ3v) is 5.87. The average Bonchev–Trinajstić information content (AvgIpc) is 3.10. The zero-order valence-corrected chi connectivity index (χ0v) is 19.6. The molecule has 1 aliphatic rings. The number of rotatable bonds is 7. The Kier molecular flexibility index (Phi) is 6.49. The first kappa shape index (κ1) is 23.2. The number of carbonyl (C=O) groups is 3. The molecule has 174 valence electrons. The van der Waals surface area contributed by atoms with Gasteiger partial charge in [0.1, 0.15) is 5.92 Å². The van der Waals surface area contributed by atoms with E-state index in [1.165, 1.54) is 11.1 Å². The first-order valence-corrected chi connectivity index (χ1v) is 11.2. The Hall–Kier alpha value is -3.94. The summed E-state index contributed by atoms with van der Waals surface area (Å²) in [5.41, 5.74) is 2.64. The summed E-state index contributed by atoms with van der Waals surface area (Å²) >= 11 is 0. The van der Waals surface area contributed by atoms with E-state index in [1.807, 2.05) is 19.1 Å². The normalized spacial score (nSPS) is 18.0. The Morgan fingerprint density at radius 3 is 2.32 bits per heavy atom. The van der Waals surface area contributed by atoms with Crippen LogP contribution in [0.2, 0.25) is 0 Å². The van der Waals surface area contributed by atoms with E-state index < -0.39 is 29.4 Å². The van der Waals surface area contributed by atoms with E-state index in [-0.39, 0.29) is 5.82 Å². The predicted molar refractivity (Wildman–Crippen MR) is 126 cm³/mol. The number of Topliss-reactive ketones (excluding diaryl/α,β-unsaturated/α-hetero) is 2. The molecule has 3 heterocycles. The lowest BCUT2D eigenvalue weighted by atomic mass is 9.86. The van der Waals surface area contributed by atoms with Crippen LogP contribution in [0.25, 0.3) is 0 Å². The van der Waals surface area contributed by atoms with Crippen LogP contribution >= 0.6 is 0 Å². The molecule has 1 unspecified atom stereocenters. The second-order valence-electron chi connectivity index (χ2n) is 8.50. The van der Waals surface area contributed by atoms with Crippen LogP contribution in [-0.2, 0) is 9.59 Å². The minimum absolute atomic E-state index is 0.202. The van der Waals surface area contributed by atoms with Crippen molar-refractivity contribution in [1.82, 2.24) is 15.2 Å². The number of hydrogen-bond donors (Lipinski definition) is 0. The molecule has 0 saturated carbocycles. The maximum atomic E-state index is 13.6. The molecule has 0 spiro atoms. The van der Waals surface area contributed by atoms with E-state index >= 15 is 0 Å². The van der Waals surface area contributed by atoms with Gasteiger partial charge in [-0.1, -0.05) is 38.1 Å². The molecule has 2 aromatic heterocycles. The largest absolute Gasteiger partial charge is 0.478 e. The molecule has 0 N–H and O–H groups in total. The second-order valence-corrected chi connectivity index (χ2v) is 8.50. The topological polar surface area (TPSA) is 102 Å². The van der Waals surface area contributed by atoms with Gasteiger partial charge in [-0.2, -0.15) is 5.10 Å². The summed E-state index contributed by atoms with van der Waals surface area (Å²) in [7, 11) is 0. The first-order valence-electron chi connectivity index (χ1n) is 11.2. The molecular formula is C26H26N4O4. The molecule has 0 bridgehead atoms. The molecular weight excluding hydrogens is 432 g/mol. The number of pyridine rings is 1. The number of benzene rings is 1. The Morgan fingerprint density at radius 1 is 1.03 bits per heavy atom. The summed E-state index contributed by atoms with van der Waals surface area (Å²) in [6.07, 6.45) is 1.53. The number of amides is 1. The third kappa shape index (κ3) is 4.31. The number of hydrogen-bond acceptors (Lipinski definition) is 7. The molecule has 4 rings (SSSR count). The van der Waals surface area contributed by atoms with E-state index in [9.17, 15) is 14.4 Å². The van der Waals surface area contributed by atoms with Crippen molar-refractivity contribution in [3.8, 4) is 5.88 Å². The standard InChI is InChI=1S/C26H26N4O4/c1-5-34-21-13-11-19(14-27-21)23-22(24(31)18-9-7-17(8-10-18)15(2)3)25(32)26(33)30(23)20-12-6-16(4)28-29-20/h6-15,22-23H,5H2,1-4H3/t22?,23-/m0/s1. The maximum Gasteiger partial charge on any atom is 0.297 e. The summed E-state index contributed by atoms with van der Waals surface area (Å²) in [6.45, 7) is 8.19. The molecule has 0 aliphatic carbocycles. The monoisotopic (exact) mass is 458 g/mol. The summed E-state index contributed by atoms with van der Waals surface area (Å²) in [5, 5.41) is 8.14. The SMILES string of the molecule is CCOc1ccc([C@H]2C(C(=O)c3ccc(C(C)C)cc3)C(=O)C(=O)N2c2ccc(C)nn2)cn1. The fourth-order valence-electron chi connectivity index (χ4n) is 4.05. The highest BCUT2D eigenvalue weighted by atomic mass is 16.5. The van der Waals surface area contributed by atoms with Crippen LogP contribution in [0.3, 0.4) is 0 Å². The Morgan fingerprint density at radius 2 is 1.76 bits per heavy atom. The molecule has 1 aromatic carbocycles. The van der Waals surface area contributed by atoms with Crippen LogP contribution in [0.5, 0.6) is 5.88 Å². The van der Waals surface area contributed by atoms with Gasteiger partial charge < -0.3 is 4.74 Å². The van der Waals surface area contributed by atoms with Crippen LogP contribution in [0.1, 0.15) is 59.9 Å². The molecule has 34 heavy (non-hydrogen) atoms. The molecule has 0 radical (unpaired) electrons. The molecule has 1 amide bonds. The zero-order valence-electron chi connectivity index (χ0n) is 19.6. The fourth-order valence-corrected chi connectivity index (χ4v) is 4.05. The van der Waals surface area contributed by atoms with E-state index in [4.69, 9.17) is 4.74 Å². The summed E-state index contributed by atoms with van der Waals surface area (Å²) in [6, 6.07) is 12.9. The quantitative estimate of drug-likeness (QED) is 0.301. The number of carbonyl (C=O) groups excluding carboxylic acids is 3. The van der Waals surface area contributed by atoms with Crippen molar-refractivity contribution in [2.24, 2.45) is 5.92 Å². The van der Waals surface area contributed by atoms with Gasteiger partial charge in [-0.05, 0) is 49.1 Å². The number of ketones is 2. The number of aromatic nitrogens is 3. The van der Waals surface area contributed by atoms with Crippen molar-refractivity contribution >= 4 is 23.3 Å². The van der Waals surface area contributed by atoms with Crippen molar-refractivity contribution in [1.29, 1.82) is 0 Å². The minimum atomic E-state index is -1.24. The lowest BCUT2D eigenvalue weighted by Gasteiger charge is -2.26. The molecule has 3 aromatic rings. The highest BCUT2D eigenvalue weighted by Crippen LogP contribution is 2.40. The van der Waals surface area contributed by atoms with Crippen LogP contribution in [0.4, 0.5) is 5.82 Å². The van der Waals surface area contributed by atoms with Gasteiger partial charge in [0.05, 0.1) is 18.3 Å². The van der Waals surface area contributed by atoms with Gasteiger partial charge in [0.2, 0.25) is 11.7 Å². The van der Waals surface area contributed by atoms with Gasteiger partial charge in [-0.3, -0.25) is 19.3 Å². The Balaban J connectivity index is 1.79. The first-order chi connectivity index (χ1) is 16.3. The number of nitrogens with zero attached hydrogens (tertiary/aromatic N) is 4. The lowest BCUT2D eigenvalue weighted by molar-refractivity contribution is -0.135. The van der Waals surface area contributed by atoms with Crippen molar-refractivity contribution in [2.75, 3.05) is 11.5 Å². The molecule has 2 atom stereocenters. The van der Waals surface area contributed by atoms with E-state index in [0.29, 0.717) is 35.2 Å². The van der Waals surface area contributed by atoms with Gasteiger partial charge in [0.25, 0.3) is 5.91 Å². The molecule has 1 aliphatic heterocycles. The van der Waals surface area contributed by atoms with Crippen LogP contribution < -0.4 is 9.64 Å². The van der Waals surface area contributed by atoms with Gasteiger partial charge in [-0.15, -0.1) is 5.10 Å². The number of ether oxygens (including phenoxy) is 1. The highest BCUT2D eigenvalue weighted by molar-refractivity contribution is 6.48. The predicted octanol–water partition coefficient (Wildman–Crippen LogP) is 3.86. The van der Waals surface area contributed by atoms with E-state index in [1.54, 1.807) is 43.3 Å². The van der Waals surface area contributed by atoms with Crippen molar-refractivity contribution in [3.63, 3.8) is 0 Å². The summed E-state index contributed by atoms with van der Waals surface area (Å²) in [4.78, 5) is 45.5. The highest BCUT2D eigenvalue weighted by Gasteiger charge is 2.53. The average molecular weight is 459 g/mol. The molecule has 8 heteroatoms. The molecule has 1 fully saturated rings. The van der Waals surface area contributed by atoms with Gasteiger partial charge in [-0.25, -0.2) is 4.98 Å².